The highest BCUT2D eigenvalue weighted by molar-refractivity contribution is 5.79. The molecule has 0 saturated carbocycles. The van der Waals surface area contributed by atoms with Gasteiger partial charge in [-0.3, -0.25) is 4.99 Å². The van der Waals surface area contributed by atoms with Gasteiger partial charge in [-0.25, -0.2) is 0 Å². The summed E-state index contributed by atoms with van der Waals surface area (Å²) < 4.78 is 10.6. The number of aliphatic imine (C=N–C) groups is 1. The van der Waals surface area contributed by atoms with E-state index in [2.05, 4.69) is 33.1 Å². The van der Waals surface area contributed by atoms with E-state index in [1.807, 2.05) is 36.4 Å². The van der Waals surface area contributed by atoms with Crippen LogP contribution >= 0.6 is 0 Å². The van der Waals surface area contributed by atoms with Crippen molar-refractivity contribution in [2.24, 2.45) is 4.99 Å². The quantitative estimate of drug-likeness (QED) is 0.366. The fraction of sp³-hybridized carbons (Fsp3) is 0.350. The van der Waals surface area contributed by atoms with Crippen molar-refractivity contribution in [1.82, 2.24) is 10.6 Å². The first-order chi connectivity index (χ1) is 12.8. The SMILES string of the molecule is CN=C(NCCCNc1ccccc1)NCc1ccc(OC)c(OC)c1. The molecule has 0 radical (unpaired) electrons. The minimum absolute atomic E-state index is 0.655. The van der Waals surface area contributed by atoms with Gasteiger partial charge >= 0.3 is 0 Å². The Bertz CT molecular complexity index is 689. The number of nitrogens with one attached hydrogen (secondary N) is 3. The van der Waals surface area contributed by atoms with Crippen molar-refractivity contribution in [3.63, 3.8) is 0 Å². The first-order valence-electron chi connectivity index (χ1n) is 8.71. The summed E-state index contributed by atoms with van der Waals surface area (Å²) in [4.78, 5) is 4.25. The first kappa shape index (κ1) is 19.4. The second-order valence-corrected chi connectivity index (χ2v) is 5.69. The van der Waals surface area contributed by atoms with E-state index in [0.717, 1.165) is 48.2 Å². The number of benzene rings is 2. The van der Waals surface area contributed by atoms with Crippen molar-refractivity contribution in [2.75, 3.05) is 39.7 Å². The Balaban J connectivity index is 1.70. The van der Waals surface area contributed by atoms with Crippen molar-refractivity contribution in [1.29, 1.82) is 0 Å². The molecule has 140 valence electrons. The number of anilines is 1. The van der Waals surface area contributed by atoms with Gasteiger partial charge in [0.25, 0.3) is 0 Å². The summed E-state index contributed by atoms with van der Waals surface area (Å²) in [6.45, 7) is 2.40. The molecule has 2 aromatic carbocycles. The zero-order valence-electron chi connectivity index (χ0n) is 15.7. The lowest BCUT2D eigenvalue weighted by Gasteiger charge is -2.14. The topological polar surface area (TPSA) is 66.9 Å². The number of para-hydroxylation sites is 1. The van der Waals surface area contributed by atoms with Crippen LogP contribution in [0, 0.1) is 0 Å². The smallest absolute Gasteiger partial charge is 0.191 e. The van der Waals surface area contributed by atoms with Crippen LogP contribution in [-0.2, 0) is 6.54 Å². The van der Waals surface area contributed by atoms with E-state index < -0.39 is 0 Å². The van der Waals surface area contributed by atoms with Gasteiger partial charge in [-0.1, -0.05) is 24.3 Å². The van der Waals surface area contributed by atoms with Crippen molar-refractivity contribution >= 4 is 11.6 Å². The third-order valence-corrected chi connectivity index (χ3v) is 3.88. The summed E-state index contributed by atoms with van der Waals surface area (Å²) in [5.41, 5.74) is 2.24. The van der Waals surface area contributed by atoms with E-state index in [-0.39, 0.29) is 0 Å². The van der Waals surface area contributed by atoms with E-state index in [9.17, 15) is 0 Å². The van der Waals surface area contributed by atoms with Crippen molar-refractivity contribution < 1.29 is 9.47 Å². The van der Waals surface area contributed by atoms with Gasteiger partial charge in [0, 0.05) is 32.4 Å². The summed E-state index contributed by atoms with van der Waals surface area (Å²) in [5.74, 6) is 2.23. The standard InChI is InChI=1S/C20H28N4O2/c1-21-20(23-13-7-12-22-17-8-5-4-6-9-17)24-15-16-10-11-18(25-2)19(14-16)26-3/h4-6,8-11,14,22H,7,12-13,15H2,1-3H3,(H2,21,23,24). The minimum atomic E-state index is 0.655. The van der Waals surface area contributed by atoms with Gasteiger partial charge in [0.15, 0.2) is 17.5 Å². The number of ether oxygens (including phenoxy) is 2. The van der Waals surface area contributed by atoms with Crippen molar-refractivity contribution in [3.8, 4) is 11.5 Å². The van der Waals surface area contributed by atoms with Gasteiger partial charge in [-0.15, -0.1) is 0 Å². The third-order valence-electron chi connectivity index (χ3n) is 3.88. The molecule has 0 atom stereocenters. The van der Waals surface area contributed by atoms with Crippen LogP contribution in [0.2, 0.25) is 0 Å². The lowest BCUT2D eigenvalue weighted by molar-refractivity contribution is 0.354. The van der Waals surface area contributed by atoms with Crippen LogP contribution in [0.4, 0.5) is 5.69 Å². The van der Waals surface area contributed by atoms with Crippen LogP contribution in [0.5, 0.6) is 11.5 Å². The van der Waals surface area contributed by atoms with Gasteiger partial charge in [0.2, 0.25) is 0 Å². The summed E-state index contributed by atoms with van der Waals surface area (Å²) in [6.07, 6.45) is 0.992. The fourth-order valence-electron chi connectivity index (χ4n) is 2.48. The molecule has 0 aliphatic heterocycles. The molecule has 0 heterocycles. The molecule has 6 nitrogen and oxygen atoms in total. The highest BCUT2D eigenvalue weighted by atomic mass is 16.5. The predicted molar refractivity (Wildman–Crippen MR) is 107 cm³/mol. The molecule has 0 spiro atoms. The third kappa shape index (κ3) is 6.20. The first-order valence-corrected chi connectivity index (χ1v) is 8.71. The molecule has 0 unspecified atom stereocenters. The maximum atomic E-state index is 5.33. The van der Waals surface area contributed by atoms with Crippen molar-refractivity contribution in [3.05, 3.63) is 54.1 Å². The number of hydrogen-bond donors (Lipinski definition) is 3. The van der Waals surface area contributed by atoms with Gasteiger partial charge < -0.3 is 25.4 Å². The molecule has 0 aromatic heterocycles. The van der Waals surface area contributed by atoms with Gasteiger partial charge in [0.1, 0.15) is 0 Å². The second-order valence-electron chi connectivity index (χ2n) is 5.69. The van der Waals surface area contributed by atoms with E-state index in [1.165, 1.54) is 0 Å². The van der Waals surface area contributed by atoms with Crippen LogP contribution in [0.15, 0.2) is 53.5 Å². The molecule has 3 N–H and O–H groups in total. The lowest BCUT2D eigenvalue weighted by Crippen LogP contribution is -2.37. The Hall–Kier alpha value is -2.89. The Morgan fingerprint density at radius 1 is 0.923 bits per heavy atom. The Kier molecular flexibility index (Phi) is 8.12. The average molecular weight is 356 g/mol. The fourth-order valence-corrected chi connectivity index (χ4v) is 2.48. The molecule has 0 aliphatic carbocycles. The van der Waals surface area contributed by atoms with E-state index in [1.54, 1.807) is 21.3 Å². The molecule has 0 bridgehead atoms. The van der Waals surface area contributed by atoms with E-state index >= 15 is 0 Å². The highest BCUT2D eigenvalue weighted by Crippen LogP contribution is 2.27. The van der Waals surface area contributed by atoms with E-state index in [4.69, 9.17) is 9.47 Å². The Morgan fingerprint density at radius 3 is 2.38 bits per heavy atom. The van der Waals surface area contributed by atoms with Crippen LogP contribution in [0.1, 0.15) is 12.0 Å². The normalized spacial score (nSPS) is 11.0. The lowest BCUT2D eigenvalue weighted by atomic mass is 10.2. The van der Waals surface area contributed by atoms with Gasteiger partial charge in [0.05, 0.1) is 14.2 Å². The Morgan fingerprint density at radius 2 is 1.69 bits per heavy atom. The van der Waals surface area contributed by atoms with E-state index in [0.29, 0.717) is 6.54 Å². The molecule has 2 aromatic rings. The average Bonchev–Trinajstić information content (AvgIpc) is 2.70. The molecule has 26 heavy (non-hydrogen) atoms. The number of nitrogens with zero attached hydrogens (tertiary/aromatic N) is 1. The molecule has 2 rings (SSSR count). The number of methoxy groups -OCH3 is 2. The van der Waals surface area contributed by atoms with Crippen LogP contribution in [0.3, 0.4) is 0 Å². The molecular formula is C20H28N4O2. The largest absolute Gasteiger partial charge is 0.493 e. The second kappa shape index (κ2) is 10.9. The van der Waals surface area contributed by atoms with Crippen LogP contribution in [0.25, 0.3) is 0 Å². The molecule has 0 saturated heterocycles. The van der Waals surface area contributed by atoms with Crippen molar-refractivity contribution in [2.45, 2.75) is 13.0 Å². The monoisotopic (exact) mass is 356 g/mol. The minimum Gasteiger partial charge on any atom is -0.493 e. The summed E-state index contributed by atoms with van der Waals surface area (Å²) in [6, 6.07) is 16.1. The molecule has 0 amide bonds. The number of rotatable bonds is 9. The predicted octanol–water partition coefficient (Wildman–Crippen LogP) is 2.87. The maximum absolute atomic E-state index is 5.33. The van der Waals surface area contributed by atoms with Gasteiger partial charge in [-0.2, -0.15) is 0 Å². The zero-order chi connectivity index (χ0) is 18.6. The highest BCUT2D eigenvalue weighted by Gasteiger charge is 2.05. The molecule has 6 heteroatoms. The molecular weight excluding hydrogens is 328 g/mol. The number of hydrogen-bond acceptors (Lipinski definition) is 4. The summed E-state index contributed by atoms with van der Waals surface area (Å²) in [5, 5.41) is 10.0. The zero-order valence-corrected chi connectivity index (χ0v) is 15.7. The molecule has 0 aliphatic rings. The number of guanidine groups is 1. The summed E-state index contributed by atoms with van der Waals surface area (Å²) in [7, 11) is 5.04. The molecule has 0 fully saturated rings. The Labute approximate surface area is 155 Å². The van der Waals surface area contributed by atoms with Gasteiger partial charge in [-0.05, 0) is 36.2 Å². The maximum Gasteiger partial charge on any atom is 0.191 e. The van der Waals surface area contributed by atoms with Crippen LogP contribution < -0.4 is 25.4 Å². The summed E-state index contributed by atoms with van der Waals surface area (Å²) >= 11 is 0. The van der Waals surface area contributed by atoms with Crippen LogP contribution in [-0.4, -0.2) is 40.3 Å².